The van der Waals surface area contributed by atoms with Crippen molar-refractivity contribution in [3.05, 3.63) is 28.4 Å². The Kier molecular flexibility index (Phi) is 2.82. The maximum Gasteiger partial charge on any atom is 0.347 e. The molecule has 1 aromatic rings. The van der Waals surface area contributed by atoms with Crippen molar-refractivity contribution < 1.29 is 0 Å². The van der Waals surface area contributed by atoms with Crippen LogP contribution in [-0.4, -0.2) is 14.9 Å². The Balaban J connectivity index is 3.00. The van der Waals surface area contributed by atoms with E-state index in [0.717, 1.165) is 11.0 Å². The van der Waals surface area contributed by atoms with Crippen molar-refractivity contribution in [1.82, 2.24) is 9.55 Å². The summed E-state index contributed by atoms with van der Waals surface area (Å²) in [4.78, 5) is 14.8. The molecule has 0 amide bonds. The normalized spacial score (nSPS) is 10.0. The molecule has 60 valence electrons. The molecule has 0 aliphatic heterocycles. The van der Waals surface area contributed by atoms with Crippen molar-refractivity contribution >= 4 is 15.9 Å². The summed E-state index contributed by atoms with van der Waals surface area (Å²) in [5.74, 6) is 0. The van der Waals surface area contributed by atoms with Gasteiger partial charge in [-0.05, 0) is 13.0 Å². The van der Waals surface area contributed by atoms with Crippen molar-refractivity contribution in [2.45, 2.75) is 13.5 Å². The highest BCUT2D eigenvalue weighted by atomic mass is 79.9. The van der Waals surface area contributed by atoms with E-state index >= 15 is 0 Å². The van der Waals surface area contributed by atoms with Crippen molar-refractivity contribution in [2.24, 2.45) is 0 Å². The van der Waals surface area contributed by atoms with E-state index < -0.39 is 0 Å². The van der Waals surface area contributed by atoms with E-state index in [1.165, 1.54) is 0 Å². The van der Waals surface area contributed by atoms with Crippen LogP contribution < -0.4 is 5.69 Å². The summed E-state index contributed by atoms with van der Waals surface area (Å²) in [6, 6.07) is 1.82. The van der Waals surface area contributed by atoms with Crippen LogP contribution in [0.15, 0.2) is 17.1 Å². The third-order valence-electron chi connectivity index (χ3n) is 1.34. The molecule has 11 heavy (non-hydrogen) atoms. The Labute approximate surface area is 73.2 Å². The second-order valence-corrected chi connectivity index (χ2v) is 3.03. The van der Waals surface area contributed by atoms with Gasteiger partial charge in [0.2, 0.25) is 0 Å². The Hall–Kier alpha value is -0.640. The first kappa shape index (κ1) is 8.46. The number of hydrogen-bond acceptors (Lipinski definition) is 2. The summed E-state index contributed by atoms with van der Waals surface area (Å²) in [5.41, 5.74) is 0.588. The third-order valence-corrected chi connectivity index (χ3v) is 1.69. The molecular weight excluding hydrogens is 208 g/mol. The van der Waals surface area contributed by atoms with Crippen LogP contribution in [0.5, 0.6) is 0 Å². The van der Waals surface area contributed by atoms with Crippen molar-refractivity contribution in [3.8, 4) is 0 Å². The van der Waals surface area contributed by atoms with Gasteiger partial charge in [-0.15, -0.1) is 0 Å². The molecule has 3 nitrogen and oxygen atoms in total. The highest BCUT2D eigenvalue weighted by molar-refractivity contribution is 9.09. The largest absolute Gasteiger partial charge is 0.347 e. The van der Waals surface area contributed by atoms with Crippen LogP contribution in [0.4, 0.5) is 0 Å². The number of aromatic nitrogens is 2. The van der Waals surface area contributed by atoms with E-state index in [1.807, 2.05) is 6.07 Å². The predicted molar refractivity (Wildman–Crippen MR) is 47.0 cm³/mol. The molecule has 0 atom stereocenters. The van der Waals surface area contributed by atoms with Crippen LogP contribution in [0.2, 0.25) is 0 Å². The molecule has 0 aliphatic carbocycles. The molecule has 1 aromatic heterocycles. The number of nitrogens with zero attached hydrogens (tertiary/aromatic N) is 2. The van der Waals surface area contributed by atoms with Crippen LogP contribution >= 0.6 is 15.9 Å². The monoisotopic (exact) mass is 216 g/mol. The lowest BCUT2D eigenvalue weighted by atomic mass is 10.4. The number of rotatable bonds is 2. The number of halogens is 1. The van der Waals surface area contributed by atoms with E-state index in [2.05, 4.69) is 20.9 Å². The minimum Gasteiger partial charge on any atom is -0.298 e. The average molecular weight is 217 g/mol. The summed E-state index contributed by atoms with van der Waals surface area (Å²) in [7, 11) is 0. The quantitative estimate of drug-likeness (QED) is 0.691. The zero-order valence-corrected chi connectivity index (χ0v) is 7.84. The molecule has 0 aromatic carbocycles. The Morgan fingerprint density at radius 2 is 2.45 bits per heavy atom. The number of aryl methyl sites for hydroxylation is 2. The van der Waals surface area contributed by atoms with Crippen molar-refractivity contribution in [2.75, 3.05) is 5.33 Å². The summed E-state index contributed by atoms with van der Waals surface area (Å²) in [5, 5.41) is 0.775. The molecule has 0 radical (unpaired) electrons. The maximum absolute atomic E-state index is 11.1. The summed E-state index contributed by atoms with van der Waals surface area (Å²) < 4.78 is 1.57. The first-order valence-corrected chi connectivity index (χ1v) is 4.46. The van der Waals surface area contributed by atoms with Gasteiger partial charge in [-0.1, -0.05) is 15.9 Å². The second-order valence-electron chi connectivity index (χ2n) is 2.23. The van der Waals surface area contributed by atoms with Gasteiger partial charge in [0.1, 0.15) is 0 Å². The average Bonchev–Trinajstić information content (AvgIpc) is 1.95. The van der Waals surface area contributed by atoms with Gasteiger partial charge in [-0.3, -0.25) is 4.57 Å². The third kappa shape index (κ3) is 2.15. The van der Waals surface area contributed by atoms with Gasteiger partial charge >= 0.3 is 5.69 Å². The molecule has 1 heterocycles. The van der Waals surface area contributed by atoms with E-state index in [0.29, 0.717) is 6.54 Å². The van der Waals surface area contributed by atoms with Gasteiger partial charge in [0, 0.05) is 23.8 Å². The molecule has 4 heteroatoms. The lowest BCUT2D eigenvalue weighted by Crippen LogP contribution is -2.23. The van der Waals surface area contributed by atoms with Gasteiger partial charge in [-0.2, -0.15) is 4.98 Å². The van der Waals surface area contributed by atoms with Gasteiger partial charge in [0.05, 0.1) is 0 Å². The van der Waals surface area contributed by atoms with E-state index in [1.54, 1.807) is 17.7 Å². The molecule has 0 saturated heterocycles. The van der Waals surface area contributed by atoms with E-state index in [-0.39, 0.29) is 5.69 Å². The Morgan fingerprint density at radius 3 is 3.00 bits per heavy atom. The predicted octanol–water partition coefficient (Wildman–Crippen LogP) is 0.947. The van der Waals surface area contributed by atoms with Gasteiger partial charge in [0.15, 0.2) is 0 Å². The SMILES string of the molecule is Cc1ccn(CCBr)c(=O)n1. The minimum absolute atomic E-state index is 0.176. The highest BCUT2D eigenvalue weighted by Gasteiger charge is 1.94. The lowest BCUT2D eigenvalue weighted by molar-refractivity contribution is 0.703. The van der Waals surface area contributed by atoms with E-state index in [4.69, 9.17) is 0 Å². The van der Waals surface area contributed by atoms with E-state index in [9.17, 15) is 4.79 Å². The van der Waals surface area contributed by atoms with Crippen LogP contribution in [-0.2, 0) is 6.54 Å². The molecule has 0 aliphatic rings. The Morgan fingerprint density at radius 1 is 1.73 bits per heavy atom. The Bertz CT molecular complexity index is 295. The van der Waals surface area contributed by atoms with Gasteiger partial charge in [0.25, 0.3) is 0 Å². The molecule has 1 rings (SSSR count). The van der Waals surface area contributed by atoms with Crippen LogP contribution in [0.1, 0.15) is 5.69 Å². The highest BCUT2D eigenvalue weighted by Crippen LogP contribution is 1.88. The van der Waals surface area contributed by atoms with Gasteiger partial charge in [-0.25, -0.2) is 4.79 Å². The molecule has 0 unspecified atom stereocenters. The first-order chi connectivity index (χ1) is 5.24. The van der Waals surface area contributed by atoms with Gasteiger partial charge < -0.3 is 0 Å². The zero-order chi connectivity index (χ0) is 8.27. The van der Waals surface area contributed by atoms with Crippen LogP contribution in [0, 0.1) is 6.92 Å². The fourth-order valence-corrected chi connectivity index (χ4v) is 1.16. The van der Waals surface area contributed by atoms with Crippen molar-refractivity contribution in [3.63, 3.8) is 0 Å². The van der Waals surface area contributed by atoms with Crippen LogP contribution in [0.25, 0.3) is 0 Å². The lowest BCUT2D eigenvalue weighted by Gasteiger charge is -2.00. The van der Waals surface area contributed by atoms with Crippen LogP contribution in [0.3, 0.4) is 0 Å². The zero-order valence-electron chi connectivity index (χ0n) is 6.25. The fraction of sp³-hybridized carbons (Fsp3) is 0.429. The molecule has 0 spiro atoms. The smallest absolute Gasteiger partial charge is 0.298 e. The minimum atomic E-state index is -0.176. The number of hydrogen-bond donors (Lipinski definition) is 0. The molecule has 0 saturated carbocycles. The summed E-state index contributed by atoms with van der Waals surface area (Å²) >= 11 is 3.25. The molecular formula is C7H9BrN2O. The topological polar surface area (TPSA) is 34.9 Å². The van der Waals surface area contributed by atoms with Crippen molar-refractivity contribution in [1.29, 1.82) is 0 Å². The molecule has 0 bridgehead atoms. The molecule has 0 fully saturated rings. The maximum atomic E-state index is 11.1. The molecule has 0 N–H and O–H groups in total. The summed E-state index contributed by atoms with van der Waals surface area (Å²) in [6.07, 6.45) is 1.76. The summed E-state index contributed by atoms with van der Waals surface area (Å²) in [6.45, 7) is 2.48. The first-order valence-electron chi connectivity index (χ1n) is 3.34. The second kappa shape index (κ2) is 3.67. The number of alkyl halides is 1. The fourth-order valence-electron chi connectivity index (χ4n) is 0.775. The standard InChI is InChI=1S/C7H9BrN2O/c1-6-2-4-10(5-3-8)7(11)9-6/h2,4H,3,5H2,1H3.